The molecule has 6 nitrogen and oxygen atoms in total. The van der Waals surface area contributed by atoms with Gasteiger partial charge in [0.05, 0.1) is 23.1 Å². The van der Waals surface area contributed by atoms with Crippen LogP contribution in [0.25, 0.3) is 11.0 Å². The maximum absolute atomic E-state index is 12.4. The predicted octanol–water partition coefficient (Wildman–Crippen LogP) is 1.64. The fraction of sp³-hybridized carbons (Fsp3) is 0.500. The number of carbonyl (C=O) groups is 1. The van der Waals surface area contributed by atoms with E-state index in [0.717, 1.165) is 17.5 Å². The Morgan fingerprint density at radius 1 is 1.42 bits per heavy atom. The van der Waals surface area contributed by atoms with Gasteiger partial charge in [-0.25, -0.2) is 4.98 Å². The third-order valence-electron chi connectivity index (χ3n) is 4.59. The lowest BCUT2D eigenvalue weighted by Gasteiger charge is -2.15. The molecule has 0 saturated carbocycles. The molecule has 24 heavy (non-hydrogen) atoms. The van der Waals surface area contributed by atoms with Crippen molar-refractivity contribution in [2.45, 2.75) is 39.3 Å². The van der Waals surface area contributed by atoms with Gasteiger partial charge in [-0.1, -0.05) is 12.1 Å². The van der Waals surface area contributed by atoms with Gasteiger partial charge in [-0.2, -0.15) is 0 Å². The number of nitrogens with zero attached hydrogens (tertiary/aromatic N) is 2. The van der Waals surface area contributed by atoms with Crippen LogP contribution in [0.2, 0.25) is 0 Å². The Labute approximate surface area is 140 Å². The highest BCUT2D eigenvalue weighted by Gasteiger charge is 2.30. The normalized spacial score (nSPS) is 20.4. The van der Waals surface area contributed by atoms with Crippen molar-refractivity contribution < 1.29 is 9.53 Å². The molecule has 1 saturated heterocycles. The highest BCUT2D eigenvalue weighted by atomic mass is 16.5. The summed E-state index contributed by atoms with van der Waals surface area (Å²) in [5, 5.41) is 2.96. The molecule has 0 unspecified atom stereocenters. The molecule has 1 aliphatic heterocycles. The average Bonchev–Trinajstić information content (AvgIpc) is 3.00. The lowest BCUT2D eigenvalue weighted by atomic mass is 10.0. The zero-order chi connectivity index (χ0) is 17.1. The number of amides is 1. The largest absolute Gasteiger partial charge is 0.378 e. The van der Waals surface area contributed by atoms with Gasteiger partial charge in [0.1, 0.15) is 5.69 Å². The van der Waals surface area contributed by atoms with E-state index < -0.39 is 0 Å². The summed E-state index contributed by atoms with van der Waals surface area (Å²) < 4.78 is 7.17. The van der Waals surface area contributed by atoms with E-state index in [4.69, 9.17) is 4.74 Å². The smallest absolute Gasteiger partial charge is 0.272 e. The zero-order valence-corrected chi connectivity index (χ0v) is 14.1. The van der Waals surface area contributed by atoms with E-state index in [9.17, 15) is 9.59 Å². The summed E-state index contributed by atoms with van der Waals surface area (Å²) in [5.74, 6) is -0.0140. The van der Waals surface area contributed by atoms with Crippen molar-refractivity contribution in [3.63, 3.8) is 0 Å². The fourth-order valence-corrected chi connectivity index (χ4v) is 3.20. The molecule has 0 aliphatic carbocycles. The summed E-state index contributed by atoms with van der Waals surface area (Å²) in [6.07, 6.45) is 1.46. The number of aromatic nitrogens is 2. The molecule has 0 bridgehead atoms. The number of para-hydroxylation sites is 2. The van der Waals surface area contributed by atoms with Crippen LogP contribution in [-0.4, -0.2) is 34.7 Å². The summed E-state index contributed by atoms with van der Waals surface area (Å²) in [4.78, 5) is 28.8. The second-order valence-electron chi connectivity index (χ2n) is 6.26. The molecule has 2 atom stereocenters. The number of ether oxygens (including phenoxy) is 1. The van der Waals surface area contributed by atoms with Crippen molar-refractivity contribution in [2.75, 3.05) is 13.2 Å². The van der Waals surface area contributed by atoms with Crippen molar-refractivity contribution in [3.8, 4) is 0 Å². The van der Waals surface area contributed by atoms with Gasteiger partial charge in [-0.05, 0) is 38.8 Å². The molecule has 1 aromatic heterocycles. The van der Waals surface area contributed by atoms with Gasteiger partial charge in [-0.3, -0.25) is 9.59 Å². The van der Waals surface area contributed by atoms with Gasteiger partial charge in [0.2, 0.25) is 5.91 Å². The number of fused-ring (bicyclic) bond motifs is 1. The average molecular weight is 329 g/mol. The lowest BCUT2D eigenvalue weighted by molar-refractivity contribution is -0.126. The quantitative estimate of drug-likeness (QED) is 0.846. The van der Waals surface area contributed by atoms with Gasteiger partial charge < -0.3 is 14.6 Å². The zero-order valence-electron chi connectivity index (χ0n) is 14.1. The molecule has 128 valence electrons. The van der Waals surface area contributed by atoms with Crippen LogP contribution in [0.3, 0.4) is 0 Å². The Hall–Kier alpha value is -2.21. The Kier molecular flexibility index (Phi) is 4.94. The Balaban J connectivity index is 1.63. The molecule has 6 heteroatoms. The monoisotopic (exact) mass is 329 g/mol. The van der Waals surface area contributed by atoms with Crippen molar-refractivity contribution in [1.29, 1.82) is 0 Å². The van der Waals surface area contributed by atoms with Crippen molar-refractivity contribution >= 4 is 16.9 Å². The minimum Gasteiger partial charge on any atom is -0.378 e. The van der Waals surface area contributed by atoms with E-state index in [0.29, 0.717) is 31.8 Å². The molecule has 0 spiro atoms. The summed E-state index contributed by atoms with van der Waals surface area (Å²) in [7, 11) is 0. The van der Waals surface area contributed by atoms with E-state index in [1.807, 2.05) is 31.2 Å². The third kappa shape index (κ3) is 3.33. The highest BCUT2D eigenvalue weighted by Crippen LogP contribution is 2.20. The molecular weight excluding hydrogens is 306 g/mol. The van der Waals surface area contributed by atoms with Crippen molar-refractivity contribution in [2.24, 2.45) is 5.92 Å². The molecule has 1 aromatic carbocycles. The number of benzene rings is 1. The number of hydrogen-bond acceptors (Lipinski definition) is 4. The second kappa shape index (κ2) is 7.13. The molecule has 1 aliphatic rings. The first-order valence-electron chi connectivity index (χ1n) is 8.43. The minimum absolute atomic E-state index is 0.0144. The Morgan fingerprint density at radius 3 is 2.96 bits per heavy atom. The van der Waals surface area contributed by atoms with Gasteiger partial charge >= 0.3 is 0 Å². The van der Waals surface area contributed by atoms with E-state index >= 15 is 0 Å². The summed E-state index contributed by atoms with van der Waals surface area (Å²) in [6.45, 7) is 5.41. The topological polar surface area (TPSA) is 73.2 Å². The molecular formula is C18H23N3O3. The Bertz CT molecular complexity index is 800. The van der Waals surface area contributed by atoms with E-state index in [1.54, 1.807) is 11.5 Å². The molecule has 0 radical (unpaired) electrons. The predicted molar refractivity (Wildman–Crippen MR) is 91.9 cm³/mol. The molecule has 1 N–H and O–H groups in total. The lowest BCUT2D eigenvalue weighted by Crippen LogP contribution is -2.35. The van der Waals surface area contributed by atoms with Crippen LogP contribution in [0.5, 0.6) is 0 Å². The first-order valence-corrected chi connectivity index (χ1v) is 8.43. The molecule has 3 rings (SSSR count). The standard InChI is InChI=1S/C18H23N3O3/c1-12-18(23)21(16-7-4-3-6-15(16)20-12)10-5-9-19-17(22)14-8-11-24-13(14)2/h3-4,6-7,13-14H,5,8-11H2,1-2H3,(H,19,22)/t13-,14-/m0/s1. The first kappa shape index (κ1) is 16.6. The van der Waals surface area contributed by atoms with Gasteiger partial charge in [0.15, 0.2) is 0 Å². The minimum atomic E-state index is -0.0714. The molecule has 1 amide bonds. The first-order chi connectivity index (χ1) is 11.6. The van der Waals surface area contributed by atoms with Gasteiger partial charge in [0.25, 0.3) is 5.56 Å². The number of nitrogens with one attached hydrogen (secondary N) is 1. The van der Waals surface area contributed by atoms with Crippen LogP contribution in [-0.2, 0) is 16.1 Å². The van der Waals surface area contributed by atoms with Crippen LogP contribution < -0.4 is 10.9 Å². The van der Waals surface area contributed by atoms with Crippen LogP contribution in [0.4, 0.5) is 0 Å². The second-order valence-corrected chi connectivity index (χ2v) is 6.26. The van der Waals surface area contributed by atoms with Gasteiger partial charge in [0, 0.05) is 19.7 Å². The maximum atomic E-state index is 12.4. The van der Waals surface area contributed by atoms with Crippen LogP contribution in [0, 0.1) is 12.8 Å². The van der Waals surface area contributed by atoms with E-state index in [-0.39, 0.29) is 23.5 Å². The van der Waals surface area contributed by atoms with Gasteiger partial charge in [-0.15, -0.1) is 0 Å². The highest BCUT2D eigenvalue weighted by molar-refractivity contribution is 5.79. The number of aryl methyl sites for hydroxylation is 2. The van der Waals surface area contributed by atoms with E-state index in [2.05, 4.69) is 10.3 Å². The fourth-order valence-electron chi connectivity index (χ4n) is 3.20. The summed E-state index contributed by atoms with van der Waals surface area (Å²) in [5.41, 5.74) is 2.07. The molecule has 2 aromatic rings. The van der Waals surface area contributed by atoms with E-state index in [1.165, 1.54) is 0 Å². The van der Waals surface area contributed by atoms with Crippen LogP contribution >= 0.6 is 0 Å². The summed E-state index contributed by atoms with van der Waals surface area (Å²) >= 11 is 0. The van der Waals surface area contributed by atoms with Crippen LogP contribution in [0.1, 0.15) is 25.5 Å². The third-order valence-corrected chi connectivity index (χ3v) is 4.59. The molecule has 1 fully saturated rings. The SMILES string of the molecule is Cc1nc2ccccc2n(CCCNC(=O)[C@H]2CCO[C@H]2C)c1=O. The maximum Gasteiger partial charge on any atom is 0.272 e. The van der Waals surface area contributed by atoms with Crippen LogP contribution in [0.15, 0.2) is 29.1 Å². The van der Waals surface area contributed by atoms with Crippen molar-refractivity contribution in [3.05, 3.63) is 40.3 Å². The number of rotatable bonds is 5. The number of carbonyl (C=O) groups excluding carboxylic acids is 1. The summed E-state index contributed by atoms with van der Waals surface area (Å²) in [6, 6.07) is 7.62. The number of hydrogen-bond donors (Lipinski definition) is 1. The Morgan fingerprint density at radius 2 is 2.21 bits per heavy atom. The molecule has 2 heterocycles. The van der Waals surface area contributed by atoms with Crippen molar-refractivity contribution in [1.82, 2.24) is 14.9 Å².